The number of aromatic nitrogens is 3. The molecule has 0 unspecified atom stereocenters. The number of carbonyl (C=O) groups excluding carboxylic acids is 1. The molecule has 0 saturated heterocycles. The SMILES string of the molecule is C=CCn1c(COc2cc(C)ccc2C(C)C)nnc1SCC(=O)Nc1c(C)cccc1C. The molecule has 0 aliphatic rings. The summed E-state index contributed by atoms with van der Waals surface area (Å²) in [6, 6.07) is 12.2. The largest absolute Gasteiger partial charge is 0.485 e. The van der Waals surface area contributed by atoms with E-state index in [4.69, 9.17) is 4.74 Å². The van der Waals surface area contributed by atoms with Gasteiger partial charge in [0, 0.05) is 12.2 Å². The van der Waals surface area contributed by atoms with Gasteiger partial charge < -0.3 is 10.1 Å². The number of ether oxygens (including phenoxy) is 1. The molecule has 0 aliphatic heterocycles. The van der Waals surface area contributed by atoms with Crippen LogP contribution in [0.25, 0.3) is 0 Å². The van der Waals surface area contributed by atoms with Gasteiger partial charge in [0.2, 0.25) is 5.91 Å². The molecule has 6 nitrogen and oxygen atoms in total. The highest BCUT2D eigenvalue weighted by atomic mass is 32.2. The second kappa shape index (κ2) is 11.2. The number of carbonyl (C=O) groups is 1. The first-order valence-corrected chi connectivity index (χ1v) is 12.0. The van der Waals surface area contributed by atoms with Crippen LogP contribution in [0.1, 0.15) is 47.8 Å². The Kier molecular flexibility index (Phi) is 8.33. The number of hydrogen-bond donors (Lipinski definition) is 1. The van der Waals surface area contributed by atoms with Crippen LogP contribution >= 0.6 is 11.8 Å². The van der Waals surface area contributed by atoms with E-state index in [9.17, 15) is 4.79 Å². The van der Waals surface area contributed by atoms with Gasteiger partial charge in [0.1, 0.15) is 12.4 Å². The Morgan fingerprint density at radius 3 is 2.58 bits per heavy atom. The van der Waals surface area contributed by atoms with Crippen LogP contribution in [0, 0.1) is 20.8 Å². The molecule has 174 valence electrons. The number of benzene rings is 2. The first-order valence-electron chi connectivity index (χ1n) is 11.0. The smallest absolute Gasteiger partial charge is 0.234 e. The van der Waals surface area contributed by atoms with Gasteiger partial charge in [-0.05, 0) is 55.0 Å². The summed E-state index contributed by atoms with van der Waals surface area (Å²) >= 11 is 1.35. The molecule has 1 N–H and O–H groups in total. The summed E-state index contributed by atoms with van der Waals surface area (Å²) in [7, 11) is 0. The number of para-hydroxylation sites is 1. The molecule has 1 aromatic heterocycles. The summed E-state index contributed by atoms with van der Waals surface area (Å²) in [4.78, 5) is 12.6. The third kappa shape index (κ3) is 6.26. The lowest BCUT2D eigenvalue weighted by atomic mass is 10.0. The maximum Gasteiger partial charge on any atom is 0.234 e. The number of hydrogen-bond acceptors (Lipinski definition) is 5. The number of nitrogens with zero attached hydrogens (tertiary/aromatic N) is 3. The lowest BCUT2D eigenvalue weighted by Crippen LogP contribution is -2.16. The van der Waals surface area contributed by atoms with E-state index < -0.39 is 0 Å². The minimum Gasteiger partial charge on any atom is -0.485 e. The van der Waals surface area contributed by atoms with Crippen molar-refractivity contribution in [3.05, 3.63) is 77.1 Å². The Balaban J connectivity index is 1.69. The fourth-order valence-corrected chi connectivity index (χ4v) is 4.31. The van der Waals surface area contributed by atoms with E-state index in [1.165, 1.54) is 11.8 Å². The molecule has 0 fully saturated rings. The van der Waals surface area contributed by atoms with E-state index in [0.29, 0.717) is 30.1 Å². The van der Waals surface area contributed by atoms with Crippen molar-refractivity contribution in [1.29, 1.82) is 0 Å². The van der Waals surface area contributed by atoms with Gasteiger partial charge in [-0.25, -0.2) is 0 Å². The van der Waals surface area contributed by atoms with Crippen molar-refractivity contribution in [2.75, 3.05) is 11.1 Å². The van der Waals surface area contributed by atoms with Gasteiger partial charge in [-0.2, -0.15) is 0 Å². The second-order valence-corrected chi connectivity index (χ2v) is 9.33. The Bertz CT molecular complexity index is 1120. The number of amides is 1. The van der Waals surface area contributed by atoms with Crippen LogP contribution in [0.2, 0.25) is 0 Å². The second-order valence-electron chi connectivity index (χ2n) is 8.39. The summed E-state index contributed by atoms with van der Waals surface area (Å²) in [6.45, 7) is 15.0. The molecular formula is C26H32N4O2S. The number of anilines is 1. The summed E-state index contributed by atoms with van der Waals surface area (Å²) < 4.78 is 8.09. The van der Waals surface area contributed by atoms with Crippen LogP contribution in [0.15, 0.2) is 54.2 Å². The third-order valence-corrected chi connectivity index (χ3v) is 6.30. The van der Waals surface area contributed by atoms with Crippen molar-refractivity contribution >= 4 is 23.4 Å². The van der Waals surface area contributed by atoms with Crippen molar-refractivity contribution < 1.29 is 9.53 Å². The molecule has 0 bridgehead atoms. The average Bonchev–Trinajstić information content (AvgIpc) is 3.15. The van der Waals surface area contributed by atoms with Crippen LogP contribution in [0.5, 0.6) is 5.75 Å². The highest BCUT2D eigenvalue weighted by molar-refractivity contribution is 7.99. The molecule has 0 radical (unpaired) electrons. The molecule has 1 amide bonds. The van der Waals surface area contributed by atoms with E-state index in [-0.39, 0.29) is 11.7 Å². The van der Waals surface area contributed by atoms with Crippen molar-refractivity contribution in [3.63, 3.8) is 0 Å². The van der Waals surface area contributed by atoms with Gasteiger partial charge in [-0.15, -0.1) is 16.8 Å². The quantitative estimate of drug-likeness (QED) is 0.302. The van der Waals surface area contributed by atoms with Crippen molar-refractivity contribution in [3.8, 4) is 5.75 Å². The van der Waals surface area contributed by atoms with Crippen LogP contribution in [0.4, 0.5) is 5.69 Å². The fourth-order valence-electron chi connectivity index (χ4n) is 3.55. The lowest BCUT2D eigenvalue weighted by Gasteiger charge is -2.15. The summed E-state index contributed by atoms with van der Waals surface area (Å²) in [5.41, 5.74) is 5.25. The zero-order valence-corrected chi connectivity index (χ0v) is 20.8. The van der Waals surface area contributed by atoms with E-state index in [1.807, 2.05) is 36.6 Å². The Morgan fingerprint density at radius 1 is 1.18 bits per heavy atom. The summed E-state index contributed by atoms with van der Waals surface area (Å²) in [5.74, 6) is 2.07. The first-order chi connectivity index (χ1) is 15.8. The van der Waals surface area contributed by atoms with Crippen LogP contribution in [-0.2, 0) is 17.9 Å². The highest BCUT2D eigenvalue weighted by Gasteiger charge is 2.16. The van der Waals surface area contributed by atoms with Gasteiger partial charge >= 0.3 is 0 Å². The van der Waals surface area contributed by atoms with Crippen LogP contribution < -0.4 is 10.1 Å². The Labute approximate surface area is 200 Å². The van der Waals surface area contributed by atoms with Crippen molar-refractivity contribution in [2.24, 2.45) is 0 Å². The molecular weight excluding hydrogens is 432 g/mol. The van der Waals surface area contributed by atoms with E-state index in [1.54, 1.807) is 6.08 Å². The predicted octanol–water partition coefficient (Wildman–Crippen LogP) is 5.82. The molecule has 2 aromatic carbocycles. The molecule has 0 aliphatic carbocycles. The van der Waals surface area contributed by atoms with Gasteiger partial charge in [-0.3, -0.25) is 9.36 Å². The molecule has 0 spiro atoms. The number of nitrogens with one attached hydrogen (secondary N) is 1. The Morgan fingerprint density at radius 2 is 1.91 bits per heavy atom. The maximum atomic E-state index is 12.6. The first kappa shape index (κ1) is 24.6. The van der Waals surface area contributed by atoms with Crippen molar-refractivity contribution in [2.45, 2.75) is 58.8 Å². The monoisotopic (exact) mass is 464 g/mol. The van der Waals surface area contributed by atoms with E-state index in [0.717, 1.165) is 33.7 Å². The third-order valence-electron chi connectivity index (χ3n) is 5.33. The maximum absolute atomic E-state index is 12.6. The van der Waals surface area contributed by atoms with Crippen LogP contribution in [0.3, 0.4) is 0 Å². The van der Waals surface area contributed by atoms with Gasteiger partial charge in [-0.1, -0.05) is 62.0 Å². The molecule has 7 heteroatoms. The number of rotatable bonds is 10. The zero-order valence-electron chi connectivity index (χ0n) is 20.0. The number of allylic oxidation sites excluding steroid dienone is 1. The predicted molar refractivity (Wildman–Crippen MR) is 135 cm³/mol. The number of thioether (sulfide) groups is 1. The molecule has 0 saturated carbocycles. The molecule has 3 aromatic rings. The topological polar surface area (TPSA) is 69.0 Å². The molecule has 3 rings (SSSR count). The van der Waals surface area contributed by atoms with Gasteiger partial charge in [0.25, 0.3) is 0 Å². The van der Waals surface area contributed by atoms with Crippen LogP contribution in [-0.4, -0.2) is 26.4 Å². The van der Waals surface area contributed by atoms with E-state index >= 15 is 0 Å². The average molecular weight is 465 g/mol. The van der Waals surface area contributed by atoms with Gasteiger partial charge in [0.15, 0.2) is 11.0 Å². The highest BCUT2D eigenvalue weighted by Crippen LogP contribution is 2.28. The fraction of sp³-hybridized carbons (Fsp3) is 0.346. The van der Waals surface area contributed by atoms with Crippen molar-refractivity contribution in [1.82, 2.24) is 14.8 Å². The van der Waals surface area contributed by atoms with E-state index in [2.05, 4.69) is 61.1 Å². The minimum absolute atomic E-state index is 0.0790. The molecule has 1 heterocycles. The minimum atomic E-state index is -0.0790. The standard InChI is InChI=1S/C26H32N4O2S/c1-7-13-30-23(15-32-22-14-18(4)11-12-21(22)17(2)3)28-29-26(30)33-16-24(31)27-25-19(5)9-8-10-20(25)6/h7-12,14,17H,1,13,15-16H2,2-6H3,(H,27,31). The normalized spacial score (nSPS) is 11.0. The summed E-state index contributed by atoms with van der Waals surface area (Å²) in [6.07, 6.45) is 1.79. The lowest BCUT2D eigenvalue weighted by molar-refractivity contribution is -0.113. The molecule has 33 heavy (non-hydrogen) atoms. The molecule has 0 atom stereocenters. The summed E-state index contributed by atoms with van der Waals surface area (Å²) in [5, 5.41) is 12.3. The van der Waals surface area contributed by atoms with Gasteiger partial charge in [0.05, 0.1) is 5.75 Å². The zero-order chi connectivity index (χ0) is 24.0. The number of aryl methyl sites for hydroxylation is 3. The Hall–Kier alpha value is -3.06.